The van der Waals surface area contributed by atoms with Gasteiger partial charge < -0.3 is 20.7 Å². The summed E-state index contributed by atoms with van der Waals surface area (Å²) in [4.78, 5) is 16.3. The topological polar surface area (TPSA) is 74.8 Å². The Balaban J connectivity index is 0.00000676. The van der Waals surface area contributed by atoms with Crippen LogP contribution in [0.2, 0.25) is 0 Å². The molecule has 154 valence electrons. The number of benzene rings is 1. The smallest absolute Gasteiger partial charge is 0.225 e. The van der Waals surface area contributed by atoms with Crippen molar-refractivity contribution in [1.29, 1.82) is 0 Å². The number of amides is 1. The summed E-state index contributed by atoms with van der Waals surface area (Å²) in [6, 6.07) is 5.92. The Morgan fingerprint density at radius 2 is 1.74 bits per heavy atom. The first-order chi connectivity index (χ1) is 12.2. The fourth-order valence-electron chi connectivity index (χ4n) is 1.97. The predicted molar refractivity (Wildman–Crippen MR) is 118 cm³/mol. The third kappa shape index (κ3) is 11.0. The molecule has 0 radical (unpaired) electrons. The number of hydrogen-bond acceptors (Lipinski definition) is 3. The van der Waals surface area contributed by atoms with Crippen LogP contribution in [0.4, 0.5) is 4.39 Å². The Kier molecular flexibility index (Phi) is 12.0. The van der Waals surface area contributed by atoms with Gasteiger partial charge in [0.2, 0.25) is 5.91 Å². The molecule has 8 heteroatoms. The van der Waals surface area contributed by atoms with Gasteiger partial charge >= 0.3 is 0 Å². The number of carbonyl (C=O) groups is 1. The fraction of sp³-hybridized carbons (Fsp3) is 0.579. The van der Waals surface area contributed by atoms with Crippen LogP contribution < -0.4 is 20.7 Å². The maximum absolute atomic E-state index is 12.9. The molecule has 0 bridgehead atoms. The second-order valence-corrected chi connectivity index (χ2v) is 7.03. The van der Waals surface area contributed by atoms with Crippen LogP contribution in [-0.4, -0.2) is 44.1 Å². The first-order valence-corrected chi connectivity index (χ1v) is 8.95. The number of rotatable bonds is 8. The number of hydrogen-bond donors (Lipinski definition) is 3. The SMILES string of the molecule is CCNC(=NCC(C)Oc1ccc(F)cc1)NCCNC(=O)C(C)(C)C.I. The normalized spacial score (nSPS) is 12.6. The van der Waals surface area contributed by atoms with E-state index in [-0.39, 0.29) is 41.8 Å². The van der Waals surface area contributed by atoms with Crippen LogP contribution in [0.25, 0.3) is 0 Å². The molecule has 0 saturated heterocycles. The Morgan fingerprint density at radius 3 is 2.30 bits per heavy atom. The summed E-state index contributed by atoms with van der Waals surface area (Å²) >= 11 is 0. The van der Waals surface area contributed by atoms with Crippen LogP contribution in [-0.2, 0) is 4.79 Å². The monoisotopic (exact) mass is 494 g/mol. The Bertz CT molecular complexity index is 588. The molecule has 0 saturated carbocycles. The number of guanidine groups is 1. The van der Waals surface area contributed by atoms with Gasteiger partial charge in [0.05, 0.1) is 6.54 Å². The number of nitrogens with zero attached hydrogens (tertiary/aromatic N) is 1. The van der Waals surface area contributed by atoms with E-state index in [0.29, 0.717) is 31.3 Å². The largest absolute Gasteiger partial charge is 0.489 e. The highest BCUT2D eigenvalue weighted by Crippen LogP contribution is 2.13. The Hall–Kier alpha value is -1.58. The third-order valence-electron chi connectivity index (χ3n) is 3.39. The average Bonchev–Trinajstić information content (AvgIpc) is 2.57. The highest BCUT2D eigenvalue weighted by molar-refractivity contribution is 14.0. The van der Waals surface area contributed by atoms with Crippen molar-refractivity contribution >= 4 is 35.8 Å². The van der Waals surface area contributed by atoms with E-state index >= 15 is 0 Å². The highest BCUT2D eigenvalue weighted by atomic mass is 127. The fourth-order valence-corrected chi connectivity index (χ4v) is 1.97. The summed E-state index contributed by atoms with van der Waals surface area (Å²) in [6.45, 7) is 11.8. The summed E-state index contributed by atoms with van der Waals surface area (Å²) in [5.74, 6) is 0.992. The lowest BCUT2D eigenvalue weighted by Crippen LogP contribution is -2.43. The van der Waals surface area contributed by atoms with Crippen molar-refractivity contribution < 1.29 is 13.9 Å². The molecule has 0 spiro atoms. The molecular weight excluding hydrogens is 462 g/mol. The van der Waals surface area contributed by atoms with Gasteiger partial charge in [-0.15, -0.1) is 24.0 Å². The molecule has 1 atom stereocenters. The third-order valence-corrected chi connectivity index (χ3v) is 3.39. The molecule has 0 aliphatic rings. The van der Waals surface area contributed by atoms with Crippen LogP contribution in [0.1, 0.15) is 34.6 Å². The minimum absolute atomic E-state index is 0. The molecule has 6 nitrogen and oxygen atoms in total. The molecule has 3 N–H and O–H groups in total. The van der Waals surface area contributed by atoms with Gasteiger partial charge in [-0.05, 0) is 38.1 Å². The van der Waals surface area contributed by atoms with Crippen molar-refractivity contribution in [3.63, 3.8) is 0 Å². The number of aliphatic imine (C=N–C) groups is 1. The van der Waals surface area contributed by atoms with Crippen molar-refractivity contribution in [2.24, 2.45) is 10.4 Å². The van der Waals surface area contributed by atoms with Gasteiger partial charge in [-0.25, -0.2) is 9.38 Å². The van der Waals surface area contributed by atoms with Gasteiger partial charge in [-0.3, -0.25) is 4.79 Å². The van der Waals surface area contributed by atoms with Crippen molar-refractivity contribution in [2.75, 3.05) is 26.2 Å². The number of carbonyl (C=O) groups excluding carboxylic acids is 1. The quantitative estimate of drug-likeness (QED) is 0.225. The van der Waals surface area contributed by atoms with E-state index in [4.69, 9.17) is 4.74 Å². The molecule has 0 aliphatic heterocycles. The molecule has 0 fully saturated rings. The van der Waals surface area contributed by atoms with Crippen LogP contribution in [0, 0.1) is 11.2 Å². The average molecular weight is 494 g/mol. The van der Waals surface area contributed by atoms with Gasteiger partial charge in [0, 0.05) is 25.0 Å². The Morgan fingerprint density at radius 1 is 1.15 bits per heavy atom. The molecule has 1 aromatic rings. The lowest BCUT2D eigenvalue weighted by Gasteiger charge is -2.18. The van der Waals surface area contributed by atoms with Crippen molar-refractivity contribution in [3.8, 4) is 5.75 Å². The molecule has 1 unspecified atom stereocenters. The number of halogens is 2. The van der Waals surface area contributed by atoms with Gasteiger partial charge in [-0.1, -0.05) is 20.8 Å². The maximum Gasteiger partial charge on any atom is 0.225 e. The van der Waals surface area contributed by atoms with Crippen molar-refractivity contribution in [1.82, 2.24) is 16.0 Å². The van der Waals surface area contributed by atoms with Crippen LogP contribution in [0.3, 0.4) is 0 Å². The summed E-state index contributed by atoms with van der Waals surface area (Å²) in [7, 11) is 0. The first-order valence-electron chi connectivity index (χ1n) is 8.95. The summed E-state index contributed by atoms with van der Waals surface area (Å²) in [5, 5.41) is 9.20. The highest BCUT2D eigenvalue weighted by Gasteiger charge is 2.20. The van der Waals surface area contributed by atoms with Gasteiger partial charge in [0.25, 0.3) is 0 Å². The molecule has 0 aliphatic carbocycles. The zero-order valence-corrected chi connectivity index (χ0v) is 19.1. The van der Waals surface area contributed by atoms with E-state index in [9.17, 15) is 9.18 Å². The lowest BCUT2D eigenvalue weighted by atomic mass is 9.96. The number of nitrogens with one attached hydrogen (secondary N) is 3. The number of ether oxygens (including phenoxy) is 1. The minimum atomic E-state index is -0.397. The maximum atomic E-state index is 12.9. The molecule has 1 amide bonds. The van der Waals surface area contributed by atoms with Crippen molar-refractivity contribution in [2.45, 2.75) is 40.7 Å². The van der Waals surface area contributed by atoms with Crippen LogP contribution >= 0.6 is 24.0 Å². The van der Waals surface area contributed by atoms with E-state index in [0.717, 1.165) is 6.54 Å². The van der Waals surface area contributed by atoms with Crippen LogP contribution in [0.15, 0.2) is 29.3 Å². The molecule has 0 aromatic heterocycles. The van der Waals surface area contributed by atoms with E-state index in [1.54, 1.807) is 12.1 Å². The Labute approximate surface area is 178 Å². The molecule has 27 heavy (non-hydrogen) atoms. The second-order valence-electron chi connectivity index (χ2n) is 7.03. The zero-order chi connectivity index (χ0) is 19.6. The lowest BCUT2D eigenvalue weighted by molar-refractivity contribution is -0.128. The van der Waals surface area contributed by atoms with Crippen molar-refractivity contribution in [3.05, 3.63) is 30.1 Å². The summed E-state index contributed by atoms with van der Waals surface area (Å²) < 4.78 is 18.6. The standard InChI is InChI=1S/C19H31FN4O2.HI/c1-6-21-18(23-12-11-22-17(25)19(3,4)5)24-13-14(2)26-16-9-7-15(20)8-10-16;/h7-10,14H,6,11-13H2,1-5H3,(H,22,25)(H2,21,23,24);1H. The van der Waals surface area contributed by atoms with E-state index in [1.807, 2.05) is 34.6 Å². The second kappa shape index (κ2) is 12.7. The minimum Gasteiger partial charge on any atom is -0.489 e. The van der Waals surface area contributed by atoms with E-state index in [2.05, 4.69) is 20.9 Å². The van der Waals surface area contributed by atoms with Gasteiger partial charge in [0.1, 0.15) is 17.7 Å². The molecule has 1 rings (SSSR count). The summed E-state index contributed by atoms with van der Waals surface area (Å²) in [6.07, 6.45) is -0.156. The van der Waals surface area contributed by atoms with E-state index in [1.165, 1.54) is 12.1 Å². The zero-order valence-electron chi connectivity index (χ0n) is 16.8. The molecule has 1 aromatic carbocycles. The van der Waals surface area contributed by atoms with Gasteiger partial charge in [-0.2, -0.15) is 0 Å². The molecule has 0 heterocycles. The van der Waals surface area contributed by atoms with E-state index < -0.39 is 5.41 Å². The predicted octanol–water partition coefficient (Wildman–Crippen LogP) is 2.93. The first kappa shape index (κ1) is 25.4. The summed E-state index contributed by atoms with van der Waals surface area (Å²) in [5.41, 5.74) is -0.397. The van der Waals surface area contributed by atoms with Gasteiger partial charge in [0.15, 0.2) is 5.96 Å². The van der Waals surface area contributed by atoms with Crippen LogP contribution in [0.5, 0.6) is 5.75 Å². The molecular formula is C19H32FIN4O2.